The molecule has 3 fully saturated rings. The molecule has 190 valence electrons. The molecule has 36 heavy (non-hydrogen) atoms. The number of methoxy groups -OCH3 is 1. The van der Waals surface area contributed by atoms with E-state index in [2.05, 4.69) is 35.6 Å². The number of piperidine rings is 1. The molecule has 10 heteroatoms. The minimum Gasteiger partial charge on any atom is -0.497 e. The Morgan fingerprint density at radius 2 is 1.78 bits per heavy atom. The van der Waals surface area contributed by atoms with Crippen LogP contribution in [0.2, 0.25) is 0 Å². The molecule has 3 aliphatic heterocycles. The summed E-state index contributed by atoms with van der Waals surface area (Å²) in [5.74, 6) is 0.834. The van der Waals surface area contributed by atoms with E-state index in [-0.39, 0.29) is 18.9 Å². The maximum atomic E-state index is 12.8. The number of nitrogens with zero attached hydrogens (tertiary/aromatic N) is 5. The lowest BCUT2D eigenvalue weighted by molar-refractivity contribution is -0.277. The van der Waals surface area contributed by atoms with Gasteiger partial charge in [0.1, 0.15) is 11.4 Å². The topological polar surface area (TPSA) is 81.5 Å². The standard InChI is InChI=1S/C26H31N5O5/c1-18(2)30-24-14-21(33-3)8-9-22(24)23(27-30)15-28-12-10-26(11-13-28)16-29(25(32)36-26)19-4-6-20(7-5-19)31-34-17-35-31/h4-9,14,18H,10-13,15-17H2,1-3H3. The molecular weight excluding hydrogens is 462 g/mol. The van der Waals surface area contributed by atoms with Gasteiger partial charge in [-0.15, -0.1) is 5.23 Å². The molecule has 0 aliphatic carbocycles. The smallest absolute Gasteiger partial charge is 0.415 e. The van der Waals surface area contributed by atoms with E-state index < -0.39 is 5.60 Å². The third kappa shape index (κ3) is 4.04. The normalized spacial score (nSPS) is 19.8. The van der Waals surface area contributed by atoms with Gasteiger partial charge in [0.2, 0.25) is 6.79 Å². The number of hydrogen-bond acceptors (Lipinski definition) is 8. The van der Waals surface area contributed by atoms with E-state index in [0.29, 0.717) is 6.54 Å². The SMILES string of the molecule is COc1ccc2c(CN3CCC4(CC3)CN(c3ccc(N5OCO5)cc3)C(=O)O4)nn(C(C)C)c2c1. The van der Waals surface area contributed by atoms with Crippen molar-refractivity contribution in [3.05, 3.63) is 48.2 Å². The molecule has 0 bridgehead atoms. The van der Waals surface area contributed by atoms with Gasteiger partial charge >= 0.3 is 6.09 Å². The molecule has 3 aromatic rings. The van der Waals surface area contributed by atoms with Crippen LogP contribution in [0.15, 0.2) is 42.5 Å². The second kappa shape index (κ2) is 8.95. The number of likely N-dealkylation sites (tertiary alicyclic amines) is 1. The van der Waals surface area contributed by atoms with Crippen LogP contribution in [0.4, 0.5) is 16.2 Å². The monoisotopic (exact) mass is 493 g/mol. The van der Waals surface area contributed by atoms with Crippen molar-refractivity contribution < 1.29 is 23.9 Å². The van der Waals surface area contributed by atoms with Gasteiger partial charge in [0.15, 0.2) is 0 Å². The average molecular weight is 494 g/mol. The van der Waals surface area contributed by atoms with Crippen LogP contribution >= 0.6 is 0 Å². The lowest BCUT2D eigenvalue weighted by Crippen LogP contribution is -2.46. The average Bonchev–Trinajstić information content (AvgIpc) is 3.37. The molecule has 4 heterocycles. The van der Waals surface area contributed by atoms with E-state index in [1.165, 1.54) is 5.23 Å². The highest BCUT2D eigenvalue weighted by atomic mass is 17.1. The van der Waals surface area contributed by atoms with E-state index in [1.807, 2.05) is 30.3 Å². The summed E-state index contributed by atoms with van der Waals surface area (Å²) in [5.41, 5.74) is 3.29. The van der Waals surface area contributed by atoms with E-state index in [0.717, 1.165) is 66.2 Å². The molecule has 0 unspecified atom stereocenters. The number of aromatic nitrogens is 2. The van der Waals surface area contributed by atoms with Crippen LogP contribution in [0.3, 0.4) is 0 Å². The Bertz CT molecular complexity index is 1260. The number of carbonyl (C=O) groups excluding carboxylic acids is 1. The van der Waals surface area contributed by atoms with Crippen LogP contribution < -0.4 is 14.9 Å². The predicted molar refractivity (Wildman–Crippen MR) is 134 cm³/mol. The van der Waals surface area contributed by atoms with Crippen molar-refractivity contribution in [1.82, 2.24) is 14.7 Å². The number of fused-ring (bicyclic) bond motifs is 1. The van der Waals surface area contributed by atoms with E-state index in [4.69, 9.17) is 24.2 Å². The summed E-state index contributed by atoms with van der Waals surface area (Å²) in [6.45, 7) is 7.54. The number of benzene rings is 2. The molecule has 6 rings (SSSR count). The predicted octanol–water partition coefficient (Wildman–Crippen LogP) is 4.26. The van der Waals surface area contributed by atoms with Crippen molar-refractivity contribution in [2.24, 2.45) is 0 Å². The molecule has 1 spiro atoms. The third-order valence-corrected chi connectivity index (χ3v) is 7.30. The Labute approximate surface area is 209 Å². The van der Waals surface area contributed by atoms with Crippen LogP contribution in [0.1, 0.15) is 38.4 Å². The summed E-state index contributed by atoms with van der Waals surface area (Å²) < 4.78 is 13.5. The summed E-state index contributed by atoms with van der Waals surface area (Å²) in [5, 5.41) is 7.45. The Balaban J connectivity index is 1.12. The molecule has 0 radical (unpaired) electrons. The molecule has 1 amide bonds. The van der Waals surface area contributed by atoms with Gasteiger partial charge in [0.05, 0.1) is 30.6 Å². The second-order valence-electron chi connectivity index (χ2n) is 9.93. The van der Waals surface area contributed by atoms with Crippen LogP contribution in [0.25, 0.3) is 10.9 Å². The van der Waals surface area contributed by atoms with Gasteiger partial charge < -0.3 is 9.47 Å². The van der Waals surface area contributed by atoms with Gasteiger partial charge in [-0.1, -0.05) is 0 Å². The fourth-order valence-electron chi connectivity index (χ4n) is 5.24. The highest BCUT2D eigenvalue weighted by Crippen LogP contribution is 2.37. The molecule has 3 saturated heterocycles. The molecule has 2 aromatic carbocycles. The highest BCUT2D eigenvalue weighted by Gasteiger charge is 2.47. The minimum atomic E-state index is -0.456. The molecule has 0 atom stereocenters. The first-order chi connectivity index (χ1) is 17.4. The Hall–Kier alpha value is -3.34. The highest BCUT2D eigenvalue weighted by molar-refractivity contribution is 5.90. The van der Waals surface area contributed by atoms with Crippen LogP contribution in [-0.2, 0) is 21.0 Å². The first-order valence-corrected chi connectivity index (χ1v) is 12.4. The van der Waals surface area contributed by atoms with Crippen molar-refractivity contribution in [1.29, 1.82) is 0 Å². The van der Waals surface area contributed by atoms with Gasteiger partial charge in [-0.05, 0) is 50.2 Å². The Kier molecular flexibility index (Phi) is 5.74. The summed E-state index contributed by atoms with van der Waals surface area (Å²) >= 11 is 0. The van der Waals surface area contributed by atoms with Gasteiger partial charge in [-0.2, -0.15) is 5.10 Å². The van der Waals surface area contributed by atoms with Crippen molar-refractivity contribution in [2.45, 2.75) is 44.9 Å². The van der Waals surface area contributed by atoms with E-state index in [9.17, 15) is 4.79 Å². The van der Waals surface area contributed by atoms with E-state index in [1.54, 1.807) is 12.0 Å². The summed E-state index contributed by atoms with van der Waals surface area (Å²) in [7, 11) is 1.69. The zero-order valence-electron chi connectivity index (χ0n) is 20.8. The zero-order chi connectivity index (χ0) is 24.9. The number of anilines is 2. The lowest BCUT2D eigenvalue weighted by Gasteiger charge is -2.37. The summed E-state index contributed by atoms with van der Waals surface area (Å²) in [4.78, 5) is 27.3. The second-order valence-corrected chi connectivity index (χ2v) is 9.93. The molecule has 3 aliphatic rings. The van der Waals surface area contributed by atoms with Crippen LogP contribution in [0, 0.1) is 0 Å². The number of amides is 1. The Morgan fingerprint density at radius 3 is 2.42 bits per heavy atom. The fourth-order valence-corrected chi connectivity index (χ4v) is 5.24. The summed E-state index contributed by atoms with van der Waals surface area (Å²) in [6.07, 6.45) is 1.29. The van der Waals surface area contributed by atoms with Crippen molar-refractivity contribution >= 4 is 28.4 Å². The largest absolute Gasteiger partial charge is 0.497 e. The third-order valence-electron chi connectivity index (χ3n) is 7.30. The molecular formula is C26H31N5O5. The Morgan fingerprint density at radius 1 is 1.06 bits per heavy atom. The zero-order valence-corrected chi connectivity index (χ0v) is 20.8. The van der Waals surface area contributed by atoms with Gasteiger partial charge in [-0.25, -0.2) is 14.5 Å². The lowest BCUT2D eigenvalue weighted by atomic mass is 9.91. The number of ether oxygens (including phenoxy) is 2. The number of rotatable bonds is 6. The molecule has 0 saturated carbocycles. The van der Waals surface area contributed by atoms with Gasteiger partial charge in [-0.3, -0.25) is 14.5 Å². The molecule has 10 nitrogen and oxygen atoms in total. The van der Waals surface area contributed by atoms with Gasteiger partial charge in [0, 0.05) is 55.7 Å². The van der Waals surface area contributed by atoms with Crippen molar-refractivity contribution in [3.8, 4) is 5.75 Å². The molecule has 1 aromatic heterocycles. The molecule has 0 N–H and O–H groups in total. The summed E-state index contributed by atoms with van der Waals surface area (Å²) in [6, 6.07) is 13.9. The van der Waals surface area contributed by atoms with Crippen LogP contribution in [0.5, 0.6) is 5.75 Å². The van der Waals surface area contributed by atoms with Crippen molar-refractivity contribution in [2.75, 3.05) is 43.7 Å². The maximum Gasteiger partial charge on any atom is 0.415 e. The van der Waals surface area contributed by atoms with Gasteiger partial charge in [0.25, 0.3) is 0 Å². The number of carbonyl (C=O) groups is 1. The number of hydrogen-bond donors (Lipinski definition) is 0. The quantitative estimate of drug-likeness (QED) is 0.504. The van der Waals surface area contributed by atoms with E-state index >= 15 is 0 Å². The first-order valence-electron chi connectivity index (χ1n) is 12.4. The maximum absolute atomic E-state index is 12.8. The fraction of sp³-hybridized carbons (Fsp3) is 0.462. The van der Waals surface area contributed by atoms with Crippen molar-refractivity contribution in [3.63, 3.8) is 0 Å². The first kappa shape index (κ1) is 23.1. The minimum absolute atomic E-state index is 0.252. The van der Waals surface area contributed by atoms with Crippen LogP contribution in [-0.4, -0.2) is 59.9 Å².